The fraction of sp³-hybridized carbons (Fsp3) is 0.773. The normalized spacial score (nSPS) is 13.6. The summed E-state index contributed by atoms with van der Waals surface area (Å²) in [5, 5.41) is 1.16. The lowest BCUT2D eigenvalue weighted by Crippen LogP contribution is -2.13. The van der Waals surface area contributed by atoms with E-state index in [1.807, 2.05) is 24.3 Å². The number of rotatable bonds is 17. The average Bonchev–Trinajstić information content (AvgIpc) is 3.16. The van der Waals surface area contributed by atoms with Crippen molar-refractivity contribution in [2.75, 3.05) is 11.9 Å². The van der Waals surface area contributed by atoms with E-state index in [2.05, 4.69) is 15.9 Å². The molecular weight excluding hydrogens is 376 g/mol. The second kappa shape index (κ2) is 16.9. The van der Waals surface area contributed by atoms with Crippen LogP contribution in [0.15, 0.2) is 24.3 Å². The van der Waals surface area contributed by atoms with E-state index in [9.17, 15) is 4.79 Å². The molecule has 0 aromatic heterocycles. The molecule has 0 saturated carbocycles. The topological polar surface area (TPSA) is 26.3 Å². The van der Waals surface area contributed by atoms with E-state index in [1.165, 1.54) is 83.5 Å². The molecule has 0 unspecified atom stereocenters. The molecule has 0 aromatic rings. The Labute approximate surface area is 163 Å². The fourth-order valence-electron chi connectivity index (χ4n) is 3.18. The van der Waals surface area contributed by atoms with E-state index in [1.54, 1.807) is 0 Å². The van der Waals surface area contributed by atoms with E-state index in [4.69, 9.17) is 4.74 Å². The van der Waals surface area contributed by atoms with Crippen LogP contribution in [-0.2, 0) is 9.53 Å². The molecule has 2 nitrogen and oxygen atoms in total. The first-order valence-corrected chi connectivity index (χ1v) is 11.5. The monoisotopic (exact) mass is 412 g/mol. The molecule has 0 atom stereocenters. The van der Waals surface area contributed by atoms with Crippen LogP contribution in [0.2, 0.25) is 0 Å². The zero-order valence-electron chi connectivity index (χ0n) is 15.9. The molecule has 0 aliphatic heterocycles. The van der Waals surface area contributed by atoms with Crippen molar-refractivity contribution in [2.24, 2.45) is 5.92 Å². The van der Waals surface area contributed by atoms with Crippen LogP contribution in [0.25, 0.3) is 0 Å². The summed E-state index contributed by atoms with van der Waals surface area (Å²) in [5.41, 5.74) is 0. The number of unbranched alkanes of at least 4 members (excludes halogenated alkanes) is 13. The quantitative estimate of drug-likeness (QED) is 0.144. The van der Waals surface area contributed by atoms with Gasteiger partial charge in [0.15, 0.2) is 0 Å². The molecule has 0 aromatic carbocycles. The van der Waals surface area contributed by atoms with Gasteiger partial charge in [0.2, 0.25) is 0 Å². The number of carbonyl (C=O) groups is 1. The lowest BCUT2D eigenvalue weighted by molar-refractivity contribution is -0.145. The molecule has 1 aliphatic rings. The van der Waals surface area contributed by atoms with Gasteiger partial charge < -0.3 is 4.74 Å². The highest BCUT2D eigenvalue weighted by Gasteiger charge is 2.14. The van der Waals surface area contributed by atoms with Gasteiger partial charge in [0.25, 0.3) is 0 Å². The Morgan fingerprint density at radius 2 is 1.08 bits per heavy atom. The van der Waals surface area contributed by atoms with E-state index >= 15 is 0 Å². The van der Waals surface area contributed by atoms with Crippen LogP contribution in [0.5, 0.6) is 0 Å². The van der Waals surface area contributed by atoms with Gasteiger partial charge in [-0.1, -0.05) is 117 Å². The van der Waals surface area contributed by atoms with Gasteiger partial charge in [0.1, 0.15) is 0 Å². The fourth-order valence-corrected chi connectivity index (χ4v) is 3.57. The zero-order chi connectivity index (χ0) is 18.0. The number of hydrogen-bond donors (Lipinski definition) is 0. The van der Waals surface area contributed by atoms with E-state index < -0.39 is 0 Å². The third-order valence-electron chi connectivity index (χ3n) is 4.79. The summed E-state index contributed by atoms with van der Waals surface area (Å²) in [6.45, 7) is 0.576. The molecule has 0 fully saturated rings. The Bertz CT molecular complexity index is 364. The average molecular weight is 413 g/mol. The summed E-state index contributed by atoms with van der Waals surface area (Å²) in [6, 6.07) is 0. The highest BCUT2D eigenvalue weighted by atomic mass is 79.9. The van der Waals surface area contributed by atoms with Crippen molar-refractivity contribution in [3.05, 3.63) is 24.3 Å². The van der Waals surface area contributed by atoms with Crippen molar-refractivity contribution < 1.29 is 9.53 Å². The number of esters is 1. The van der Waals surface area contributed by atoms with Gasteiger partial charge in [-0.25, -0.2) is 0 Å². The number of carbonyl (C=O) groups excluding carboxylic acids is 1. The predicted octanol–water partition coefficient (Wildman–Crippen LogP) is 7.13. The Morgan fingerprint density at radius 1 is 0.680 bits per heavy atom. The Balaban J connectivity index is 1.71. The number of alkyl halides is 1. The summed E-state index contributed by atoms with van der Waals surface area (Å²) >= 11 is 3.48. The van der Waals surface area contributed by atoms with Gasteiger partial charge in [0, 0.05) is 5.33 Å². The summed E-state index contributed by atoms with van der Waals surface area (Å²) in [6.07, 6.45) is 26.3. The van der Waals surface area contributed by atoms with Gasteiger partial charge in [-0.2, -0.15) is 0 Å². The van der Waals surface area contributed by atoms with Crippen molar-refractivity contribution in [1.29, 1.82) is 0 Å². The SMILES string of the molecule is O=C(OCCCCCCCCCCCCCCCCBr)C1C=CC=C1. The van der Waals surface area contributed by atoms with E-state index in [-0.39, 0.29) is 11.9 Å². The van der Waals surface area contributed by atoms with E-state index in [0.717, 1.165) is 11.8 Å². The van der Waals surface area contributed by atoms with Crippen LogP contribution >= 0.6 is 15.9 Å². The molecule has 25 heavy (non-hydrogen) atoms. The molecule has 144 valence electrons. The molecule has 1 rings (SSSR count). The van der Waals surface area contributed by atoms with Crippen molar-refractivity contribution in [3.8, 4) is 0 Å². The first-order valence-electron chi connectivity index (χ1n) is 10.4. The maximum Gasteiger partial charge on any atom is 0.316 e. The van der Waals surface area contributed by atoms with Crippen LogP contribution in [0.1, 0.15) is 89.9 Å². The Morgan fingerprint density at radius 3 is 1.52 bits per heavy atom. The van der Waals surface area contributed by atoms with Gasteiger partial charge in [-0.15, -0.1) is 0 Å². The van der Waals surface area contributed by atoms with Crippen molar-refractivity contribution in [1.82, 2.24) is 0 Å². The second-order valence-electron chi connectivity index (χ2n) is 7.10. The molecule has 0 bridgehead atoms. The van der Waals surface area contributed by atoms with Gasteiger partial charge in [-0.3, -0.25) is 4.79 Å². The summed E-state index contributed by atoms with van der Waals surface area (Å²) < 4.78 is 5.30. The minimum atomic E-state index is -0.144. The molecule has 3 heteroatoms. The molecule has 1 aliphatic carbocycles. The number of halogens is 1. The number of allylic oxidation sites excluding steroid dienone is 2. The molecular formula is C22H37BrO2. The Hall–Kier alpha value is -0.570. The lowest BCUT2D eigenvalue weighted by Gasteiger charge is -2.07. The Kier molecular flexibility index (Phi) is 15.2. The highest BCUT2D eigenvalue weighted by molar-refractivity contribution is 9.09. The molecule has 0 N–H and O–H groups in total. The van der Waals surface area contributed by atoms with Crippen LogP contribution in [0.4, 0.5) is 0 Å². The van der Waals surface area contributed by atoms with Crippen molar-refractivity contribution in [3.63, 3.8) is 0 Å². The standard InChI is InChI=1S/C22H37BrO2/c23-19-15-11-9-7-5-3-1-2-4-6-8-10-12-16-20-25-22(24)21-17-13-14-18-21/h13-14,17-18,21H,1-12,15-16,19-20H2. The van der Waals surface area contributed by atoms with Crippen LogP contribution in [0.3, 0.4) is 0 Å². The first kappa shape index (κ1) is 22.5. The lowest BCUT2D eigenvalue weighted by atomic mass is 10.0. The molecule has 0 spiro atoms. The first-order chi connectivity index (χ1) is 12.3. The predicted molar refractivity (Wildman–Crippen MR) is 111 cm³/mol. The third kappa shape index (κ3) is 13.3. The smallest absolute Gasteiger partial charge is 0.316 e. The van der Waals surface area contributed by atoms with Gasteiger partial charge >= 0.3 is 5.97 Å². The maximum absolute atomic E-state index is 11.7. The van der Waals surface area contributed by atoms with Crippen molar-refractivity contribution >= 4 is 21.9 Å². The third-order valence-corrected chi connectivity index (χ3v) is 5.35. The summed E-state index contributed by atoms with van der Waals surface area (Å²) in [7, 11) is 0. The summed E-state index contributed by atoms with van der Waals surface area (Å²) in [5.74, 6) is -0.248. The molecule has 0 saturated heterocycles. The highest BCUT2D eigenvalue weighted by Crippen LogP contribution is 2.14. The molecule has 0 heterocycles. The zero-order valence-corrected chi connectivity index (χ0v) is 17.5. The van der Waals surface area contributed by atoms with Crippen LogP contribution in [0, 0.1) is 5.92 Å². The van der Waals surface area contributed by atoms with E-state index in [0.29, 0.717) is 6.61 Å². The van der Waals surface area contributed by atoms with Crippen LogP contribution < -0.4 is 0 Å². The largest absolute Gasteiger partial charge is 0.465 e. The van der Waals surface area contributed by atoms with Crippen LogP contribution in [-0.4, -0.2) is 17.9 Å². The molecule has 0 radical (unpaired) electrons. The second-order valence-corrected chi connectivity index (χ2v) is 7.89. The minimum absolute atomic E-state index is 0.104. The van der Waals surface area contributed by atoms with Crippen molar-refractivity contribution in [2.45, 2.75) is 89.9 Å². The summed E-state index contributed by atoms with van der Waals surface area (Å²) in [4.78, 5) is 11.7. The van der Waals surface area contributed by atoms with Gasteiger partial charge in [0.05, 0.1) is 12.5 Å². The number of hydrogen-bond acceptors (Lipinski definition) is 2. The molecule has 0 amide bonds. The maximum atomic E-state index is 11.7. The minimum Gasteiger partial charge on any atom is -0.465 e. The van der Waals surface area contributed by atoms with Gasteiger partial charge in [-0.05, 0) is 12.8 Å². The number of ether oxygens (including phenoxy) is 1.